The third-order valence-corrected chi connectivity index (χ3v) is 3.94. The normalized spacial score (nSPS) is 20.5. The van der Waals surface area contributed by atoms with Crippen LogP contribution in [0.4, 0.5) is 8.78 Å². The van der Waals surface area contributed by atoms with Crippen molar-refractivity contribution in [2.45, 2.75) is 18.9 Å². The third-order valence-electron chi connectivity index (χ3n) is 3.94. The van der Waals surface area contributed by atoms with E-state index in [2.05, 4.69) is 10.2 Å². The highest BCUT2D eigenvalue weighted by Crippen LogP contribution is 2.36. The summed E-state index contributed by atoms with van der Waals surface area (Å²) in [6.45, 7) is 4.28. The Bertz CT molecular complexity index is 479. The second-order valence-electron chi connectivity index (χ2n) is 5.33. The number of nitrogens with one attached hydrogen (secondary N) is 1. The number of rotatable bonds is 4. The molecule has 1 saturated heterocycles. The van der Waals surface area contributed by atoms with Crippen molar-refractivity contribution in [2.24, 2.45) is 0 Å². The fourth-order valence-corrected chi connectivity index (χ4v) is 2.93. The second kappa shape index (κ2) is 6.58. The number of hydrogen-bond donors (Lipinski definition) is 1. The molecule has 0 spiro atoms. The SMILES string of the molecule is FC(F)C[C@H](c1ccc2c(c1)OCCO2)N1CCNCC1. The van der Waals surface area contributed by atoms with E-state index in [1.165, 1.54) is 0 Å². The van der Waals surface area contributed by atoms with Gasteiger partial charge in [-0.1, -0.05) is 6.07 Å². The third kappa shape index (κ3) is 3.44. The van der Waals surface area contributed by atoms with E-state index in [1.807, 2.05) is 18.2 Å². The lowest BCUT2D eigenvalue weighted by Crippen LogP contribution is -2.45. The second-order valence-corrected chi connectivity index (χ2v) is 5.33. The van der Waals surface area contributed by atoms with Gasteiger partial charge in [0.25, 0.3) is 0 Å². The summed E-state index contributed by atoms with van der Waals surface area (Å²) < 4.78 is 37.0. The van der Waals surface area contributed by atoms with Gasteiger partial charge in [-0.05, 0) is 17.7 Å². The van der Waals surface area contributed by atoms with E-state index in [9.17, 15) is 8.78 Å². The molecule has 1 N–H and O–H groups in total. The number of halogens is 2. The van der Waals surface area contributed by atoms with Crippen LogP contribution in [0.1, 0.15) is 18.0 Å². The molecule has 0 unspecified atom stereocenters. The molecule has 0 bridgehead atoms. The quantitative estimate of drug-likeness (QED) is 0.922. The van der Waals surface area contributed by atoms with Crippen LogP contribution in [-0.2, 0) is 0 Å². The van der Waals surface area contributed by atoms with Crippen LogP contribution in [-0.4, -0.2) is 50.7 Å². The minimum atomic E-state index is -2.32. The highest BCUT2D eigenvalue weighted by molar-refractivity contribution is 5.44. The molecule has 0 saturated carbocycles. The Morgan fingerprint density at radius 2 is 1.81 bits per heavy atom. The average molecular weight is 298 g/mol. The number of hydrogen-bond acceptors (Lipinski definition) is 4. The van der Waals surface area contributed by atoms with E-state index < -0.39 is 6.43 Å². The first-order chi connectivity index (χ1) is 10.2. The van der Waals surface area contributed by atoms with Crippen molar-refractivity contribution in [1.29, 1.82) is 0 Å². The van der Waals surface area contributed by atoms with Gasteiger partial charge in [0, 0.05) is 38.6 Å². The Labute approximate surface area is 123 Å². The van der Waals surface area contributed by atoms with E-state index in [0.29, 0.717) is 24.7 Å². The fraction of sp³-hybridized carbons (Fsp3) is 0.600. The van der Waals surface area contributed by atoms with E-state index in [4.69, 9.17) is 9.47 Å². The Kier molecular flexibility index (Phi) is 4.55. The molecule has 1 aromatic carbocycles. The first-order valence-corrected chi connectivity index (χ1v) is 7.36. The van der Waals surface area contributed by atoms with Gasteiger partial charge in [-0.25, -0.2) is 8.78 Å². The number of nitrogens with zero attached hydrogens (tertiary/aromatic N) is 1. The molecular weight excluding hydrogens is 278 g/mol. The van der Waals surface area contributed by atoms with Crippen molar-refractivity contribution in [3.05, 3.63) is 23.8 Å². The molecule has 0 aromatic heterocycles. The summed E-state index contributed by atoms with van der Waals surface area (Å²) >= 11 is 0. The van der Waals surface area contributed by atoms with Crippen LogP contribution >= 0.6 is 0 Å². The molecule has 4 nitrogen and oxygen atoms in total. The molecule has 0 radical (unpaired) electrons. The fourth-order valence-electron chi connectivity index (χ4n) is 2.93. The number of ether oxygens (including phenoxy) is 2. The maximum atomic E-state index is 13.0. The topological polar surface area (TPSA) is 33.7 Å². The summed E-state index contributed by atoms with van der Waals surface area (Å²) in [7, 11) is 0. The van der Waals surface area contributed by atoms with Crippen molar-refractivity contribution in [1.82, 2.24) is 10.2 Å². The maximum absolute atomic E-state index is 13.0. The van der Waals surface area contributed by atoms with Gasteiger partial charge in [-0.3, -0.25) is 4.90 Å². The smallest absolute Gasteiger partial charge is 0.240 e. The molecular formula is C15H20F2N2O2. The first-order valence-electron chi connectivity index (χ1n) is 7.36. The Morgan fingerprint density at radius 3 is 2.52 bits per heavy atom. The number of benzene rings is 1. The monoisotopic (exact) mass is 298 g/mol. The van der Waals surface area contributed by atoms with Crippen LogP contribution in [0.2, 0.25) is 0 Å². The van der Waals surface area contributed by atoms with Crippen LogP contribution in [0.3, 0.4) is 0 Å². The van der Waals surface area contributed by atoms with Crippen LogP contribution < -0.4 is 14.8 Å². The molecule has 2 aliphatic heterocycles. The maximum Gasteiger partial charge on any atom is 0.240 e. The Balaban J connectivity index is 1.84. The lowest BCUT2D eigenvalue weighted by molar-refractivity contribution is 0.0736. The lowest BCUT2D eigenvalue weighted by atomic mass is 10.0. The standard InChI is InChI=1S/C15H20F2N2O2/c16-15(17)10-12(19-5-3-18-4-6-19)11-1-2-13-14(9-11)21-8-7-20-13/h1-2,9,12,15,18H,3-8,10H2/t12-/m1/s1. The zero-order valence-electron chi connectivity index (χ0n) is 11.9. The van der Waals surface area contributed by atoms with Gasteiger partial charge in [0.1, 0.15) is 13.2 Å². The van der Waals surface area contributed by atoms with Gasteiger partial charge >= 0.3 is 0 Å². The lowest BCUT2D eigenvalue weighted by Gasteiger charge is -2.35. The first kappa shape index (κ1) is 14.5. The Hall–Kier alpha value is -1.40. The van der Waals surface area contributed by atoms with E-state index >= 15 is 0 Å². The number of alkyl halides is 2. The molecule has 116 valence electrons. The van der Waals surface area contributed by atoms with E-state index in [1.54, 1.807) is 0 Å². The van der Waals surface area contributed by atoms with Crippen molar-refractivity contribution in [3.8, 4) is 11.5 Å². The van der Waals surface area contributed by atoms with Gasteiger partial charge in [-0.15, -0.1) is 0 Å². The van der Waals surface area contributed by atoms with Crippen molar-refractivity contribution in [3.63, 3.8) is 0 Å². The van der Waals surface area contributed by atoms with E-state index in [0.717, 1.165) is 31.7 Å². The summed E-state index contributed by atoms with van der Waals surface area (Å²) in [4.78, 5) is 2.12. The van der Waals surface area contributed by atoms with Crippen LogP contribution in [0.25, 0.3) is 0 Å². The molecule has 2 aliphatic rings. The van der Waals surface area contributed by atoms with Gasteiger partial charge in [0.15, 0.2) is 11.5 Å². The van der Waals surface area contributed by atoms with Gasteiger partial charge in [0.05, 0.1) is 0 Å². The van der Waals surface area contributed by atoms with Crippen LogP contribution in [0, 0.1) is 0 Å². The predicted molar refractivity (Wildman–Crippen MR) is 75.2 cm³/mol. The minimum Gasteiger partial charge on any atom is -0.486 e. The summed E-state index contributed by atoms with van der Waals surface area (Å²) in [5.41, 5.74) is 0.876. The van der Waals surface area contributed by atoms with Crippen molar-refractivity contribution < 1.29 is 18.3 Å². The molecule has 1 fully saturated rings. The van der Waals surface area contributed by atoms with Crippen molar-refractivity contribution in [2.75, 3.05) is 39.4 Å². The minimum absolute atomic E-state index is 0.153. The highest BCUT2D eigenvalue weighted by atomic mass is 19.3. The zero-order valence-corrected chi connectivity index (χ0v) is 11.9. The summed E-state index contributed by atoms with van der Waals surface area (Å²) in [5, 5.41) is 3.25. The molecule has 2 heterocycles. The molecule has 1 aromatic rings. The number of piperazine rings is 1. The van der Waals surface area contributed by atoms with Crippen molar-refractivity contribution >= 4 is 0 Å². The molecule has 3 rings (SSSR count). The molecule has 0 amide bonds. The van der Waals surface area contributed by atoms with E-state index in [-0.39, 0.29) is 12.5 Å². The van der Waals surface area contributed by atoms with Gasteiger partial charge in [0.2, 0.25) is 6.43 Å². The summed E-state index contributed by atoms with van der Waals surface area (Å²) in [5.74, 6) is 1.36. The van der Waals surface area contributed by atoms with Gasteiger partial charge < -0.3 is 14.8 Å². The average Bonchev–Trinajstić information content (AvgIpc) is 2.53. The van der Waals surface area contributed by atoms with Gasteiger partial charge in [-0.2, -0.15) is 0 Å². The molecule has 6 heteroatoms. The molecule has 21 heavy (non-hydrogen) atoms. The van der Waals surface area contributed by atoms with Crippen LogP contribution in [0.15, 0.2) is 18.2 Å². The zero-order chi connectivity index (χ0) is 14.7. The largest absolute Gasteiger partial charge is 0.486 e. The number of fused-ring (bicyclic) bond motifs is 1. The molecule has 1 atom stereocenters. The summed E-state index contributed by atoms with van der Waals surface area (Å²) in [6, 6.07) is 5.28. The predicted octanol–water partition coefficient (Wildman–Crippen LogP) is 2.06. The molecule has 0 aliphatic carbocycles. The Morgan fingerprint density at radius 1 is 1.10 bits per heavy atom. The highest BCUT2D eigenvalue weighted by Gasteiger charge is 2.26. The summed E-state index contributed by atoms with van der Waals surface area (Å²) in [6.07, 6.45) is -2.47. The van der Waals surface area contributed by atoms with Crippen LogP contribution in [0.5, 0.6) is 11.5 Å².